The molecule has 0 spiro atoms. The van der Waals surface area contributed by atoms with E-state index in [1.165, 1.54) is 6.20 Å². The van der Waals surface area contributed by atoms with Crippen molar-refractivity contribution in [2.45, 2.75) is 37.5 Å². The van der Waals surface area contributed by atoms with Crippen molar-refractivity contribution in [3.05, 3.63) is 53.9 Å². The number of nitrogens with zero attached hydrogens (tertiary/aromatic N) is 2. The highest BCUT2D eigenvalue weighted by molar-refractivity contribution is 5.77. The first kappa shape index (κ1) is 15.6. The largest absolute Gasteiger partial charge is 0.435 e. The molecule has 0 aliphatic heterocycles. The molecule has 0 bridgehead atoms. The van der Waals surface area contributed by atoms with Gasteiger partial charge in [0.2, 0.25) is 5.91 Å². The molecule has 3 rings (SSSR count). The van der Waals surface area contributed by atoms with Crippen LogP contribution in [-0.2, 0) is 23.1 Å². The Kier molecular flexibility index (Phi) is 3.87. The summed E-state index contributed by atoms with van der Waals surface area (Å²) in [6, 6.07) is 10.5. The quantitative estimate of drug-likeness (QED) is 0.940. The summed E-state index contributed by atoms with van der Waals surface area (Å²) in [5, 5.41) is 6.36. The number of amides is 1. The van der Waals surface area contributed by atoms with E-state index in [-0.39, 0.29) is 12.5 Å². The zero-order valence-corrected chi connectivity index (χ0v) is 12.3. The van der Waals surface area contributed by atoms with Gasteiger partial charge in [0, 0.05) is 6.20 Å². The van der Waals surface area contributed by atoms with Crippen LogP contribution in [0, 0.1) is 0 Å². The first-order valence-electron chi connectivity index (χ1n) is 7.36. The van der Waals surface area contributed by atoms with Crippen molar-refractivity contribution in [3.8, 4) is 0 Å². The number of carbonyl (C=O) groups excluding carboxylic acids is 1. The molecule has 0 unspecified atom stereocenters. The van der Waals surface area contributed by atoms with Crippen LogP contribution in [0.25, 0.3) is 0 Å². The molecule has 1 heterocycles. The van der Waals surface area contributed by atoms with Crippen molar-refractivity contribution in [2.24, 2.45) is 0 Å². The van der Waals surface area contributed by atoms with Gasteiger partial charge in [-0.05, 0) is 30.9 Å². The van der Waals surface area contributed by atoms with E-state index in [2.05, 4.69) is 10.4 Å². The van der Waals surface area contributed by atoms with Crippen LogP contribution in [0.15, 0.2) is 42.6 Å². The minimum Gasteiger partial charge on any atom is -0.345 e. The molecule has 2 aromatic rings. The predicted octanol–water partition coefficient (Wildman–Crippen LogP) is 3.10. The summed E-state index contributed by atoms with van der Waals surface area (Å²) in [7, 11) is 0. The number of benzene rings is 1. The molecular formula is C16H16F3N3O. The average Bonchev–Trinajstić information content (AvgIpc) is 2.92. The number of rotatable bonds is 4. The fourth-order valence-corrected chi connectivity index (χ4v) is 2.83. The molecule has 0 saturated heterocycles. The van der Waals surface area contributed by atoms with Crippen LogP contribution in [0.1, 0.15) is 30.5 Å². The minimum atomic E-state index is -4.50. The Balaban J connectivity index is 1.68. The second kappa shape index (κ2) is 5.72. The minimum absolute atomic E-state index is 0.231. The van der Waals surface area contributed by atoms with Gasteiger partial charge in [0.1, 0.15) is 6.54 Å². The van der Waals surface area contributed by atoms with Gasteiger partial charge in [-0.1, -0.05) is 30.3 Å². The average molecular weight is 323 g/mol. The van der Waals surface area contributed by atoms with Crippen LogP contribution >= 0.6 is 0 Å². The summed E-state index contributed by atoms with van der Waals surface area (Å²) in [6.07, 6.45) is -0.667. The first-order valence-corrected chi connectivity index (χ1v) is 7.36. The summed E-state index contributed by atoms with van der Waals surface area (Å²) in [5.74, 6) is -0.342. The highest BCUT2D eigenvalue weighted by Crippen LogP contribution is 2.41. The monoisotopic (exact) mass is 323 g/mol. The lowest BCUT2D eigenvalue weighted by molar-refractivity contribution is -0.141. The first-order chi connectivity index (χ1) is 10.9. The summed E-state index contributed by atoms with van der Waals surface area (Å²) in [6.45, 7) is -0.231. The molecule has 122 valence electrons. The van der Waals surface area contributed by atoms with E-state index in [1.807, 2.05) is 30.3 Å². The van der Waals surface area contributed by atoms with Gasteiger partial charge in [-0.3, -0.25) is 9.48 Å². The summed E-state index contributed by atoms with van der Waals surface area (Å²) in [4.78, 5) is 12.2. The number of hydrogen-bond donors (Lipinski definition) is 1. The van der Waals surface area contributed by atoms with Crippen LogP contribution < -0.4 is 5.32 Å². The third-order valence-corrected chi connectivity index (χ3v) is 4.15. The number of aromatic nitrogens is 2. The topological polar surface area (TPSA) is 46.9 Å². The van der Waals surface area contributed by atoms with Crippen LogP contribution in [0.3, 0.4) is 0 Å². The van der Waals surface area contributed by atoms with Crippen LogP contribution in [-0.4, -0.2) is 15.7 Å². The Bertz CT molecular complexity index is 690. The number of carbonyl (C=O) groups is 1. The molecule has 1 aliphatic rings. The molecule has 1 aliphatic carbocycles. The molecule has 1 N–H and O–H groups in total. The zero-order valence-electron chi connectivity index (χ0n) is 12.3. The maximum absolute atomic E-state index is 12.5. The van der Waals surface area contributed by atoms with E-state index in [1.54, 1.807) is 0 Å². The van der Waals surface area contributed by atoms with Crippen LogP contribution in [0.2, 0.25) is 0 Å². The van der Waals surface area contributed by atoms with Gasteiger partial charge >= 0.3 is 6.18 Å². The van der Waals surface area contributed by atoms with Gasteiger partial charge in [0.05, 0.1) is 5.54 Å². The van der Waals surface area contributed by atoms with E-state index in [4.69, 9.17) is 0 Å². The maximum Gasteiger partial charge on any atom is 0.435 e. The van der Waals surface area contributed by atoms with Gasteiger partial charge in [0.15, 0.2) is 5.69 Å². The van der Waals surface area contributed by atoms with Crippen LogP contribution in [0.4, 0.5) is 13.2 Å². The molecule has 23 heavy (non-hydrogen) atoms. The smallest absolute Gasteiger partial charge is 0.345 e. The number of nitrogens with one attached hydrogen (secondary N) is 1. The fourth-order valence-electron chi connectivity index (χ4n) is 2.83. The van der Waals surface area contributed by atoms with Crippen LogP contribution in [0.5, 0.6) is 0 Å². The predicted molar refractivity (Wildman–Crippen MR) is 77.3 cm³/mol. The Morgan fingerprint density at radius 2 is 1.91 bits per heavy atom. The lowest BCUT2D eigenvalue weighted by Crippen LogP contribution is -2.51. The second-order valence-electron chi connectivity index (χ2n) is 5.75. The normalized spacial score (nSPS) is 16.7. The van der Waals surface area contributed by atoms with E-state index >= 15 is 0 Å². The molecular weight excluding hydrogens is 307 g/mol. The maximum atomic E-state index is 12.5. The Morgan fingerprint density at radius 3 is 2.43 bits per heavy atom. The van der Waals surface area contributed by atoms with Gasteiger partial charge < -0.3 is 5.32 Å². The Morgan fingerprint density at radius 1 is 1.22 bits per heavy atom. The molecule has 1 fully saturated rings. The van der Waals surface area contributed by atoms with Crippen molar-refractivity contribution in [2.75, 3.05) is 0 Å². The Hall–Kier alpha value is -2.31. The highest BCUT2D eigenvalue weighted by Gasteiger charge is 2.40. The SMILES string of the molecule is O=C(Cn1ccc(C(F)(F)F)n1)NC1(c2ccccc2)CCC1. The molecule has 4 nitrogen and oxygen atoms in total. The van der Waals surface area contributed by atoms with Gasteiger partial charge in [0.25, 0.3) is 0 Å². The molecule has 1 aromatic heterocycles. The molecule has 1 saturated carbocycles. The van der Waals surface area contributed by atoms with Crippen molar-refractivity contribution in [3.63, 3.8) is 0 Å². The fraction of sp³-hybridized carbons (Fsp3) is 0.375. The third-order valence-electron chi connectivity index (χ3n) is 4.15. The lowest BCUT2D eigenvalue weighted by atomic mass is 9.72. The van der Waals surface area contributed by atoms with E-state index < -0.39 is 17.4 Å². The van der Waals surface area contributed by atoms with E-state index in [0.29, 0.717) is 0 Å². The van der Waals surface area contributed by atoms with E-state index in [9.17, 15) is 18.0 Å². The molecule has 0 radical (unpaired) electrons. The molecule has 0 atom stereocenters. The zero-order chi connectivity index (χ0) is 16.5. The summed E-state index contributed by atoms with van der Waals surface area (Å²) < 4.78 is 38.6. The van der Waals surface area contributed by atoms with Crippen molar-refractivity contribution in [1.29, 1.82) is 0 Å². The lowest BCUT2D eigenvalue weighted by Gasteiger charge is -2.43. The van der Waals surface area contributed by atoms with Crippen molar-refractivity contribution in [1.82, 2.24) is 15.1 Å². The third kappa shape index (κ3) is 3.23. The van der Waals surface area contributed by atoms with Crippen molar-refractivity contribution >= 4 is 5.91 Å². The molecule has 1 amide bonds. The Labute approximate surface area is 131 Å². The number of halogens is 3. The summed E-state index contributed by atoms with van der Waals surface area (Å²) in [5.41, 5.74) is -0.374. The van der Waals surface area contributed by atoms with Gasteiger partial charge in [-0.2, -0.15) is 18.3 Å². The second-order valence-corrected chi connectivity index (χ2v) is 5.75. The number of alkyl halides is 3. The van der Waals surface area contributed by atoms with Gasteiger partial charge in [-0.15, -0.1) is 0 Å². The molecule has 7 heteroatoms. The summed E-state index contributed by atoms with van der Waals surface area (Å²) >= 11 is 0. The van der Waals surface area contributed by atoms with Crippen molar-refractivity contribution < 1.29 is 18.0 Å². The highest BCUT2D eigenvalue weighted by atomic mass is 19.4. The number of hydrogen-bond acceptors (Lipinski definition) is 2. The molecule has 1 aromatic carbocycles. The standard InChI is InChI=1S/C16H16F3N3O/c17-16(18,19)13-7-10-22(21-13)11-14(23)20-15(8-4-9-15)12-5-2-1-3-6-12/h1-3,5-7,10H,4,8-9,11H2,(H,20,23). The van der Waals surface area contributed by atoms with Gasteiger partial charge in [-0.25, -0.2) is 0 Å². The van der Waals surface area contributed by atoms with E-state index in [0.717, 1.165) is 35.6 Å².